The van der Waals surface area contributed by atoms with Crippen LogP contribution in [0.5, 0.6) is 11.5 Å². The average molecular weight is 386 g/mol. The van der Waals surface area contributed by atoms with Gasteiger partial charge in [0.05, 0.1) is 18.8 Å². The van der Waals surface area contributed by atoms with Gasteiger partial charge >= 0.3 is 6.18 Å². The first kappa shape index (κ1) is 19.8. The predicted molar refractivity (Wildman–Crippen MR) is 95.3 cm³/mol. The zero-order chi connectivity index (χ0) is 19.6. The fourth-order valence-electron chi connectivity index (χ4n) is 3.65. The number of amides is 1. The molecule has 8 heteroatoms. The zero-order valence-corrected chi connectivity index (χ0v) is 15.6. The van der Waals surface area contributed by atoms with Crippen molar-refractivity contribution < 1.29 is 27.4 Å². The molecule has 2 aliphatic rings. The number of carbonyl (C=O) groups excluding carboxylic acids is 1. The molecule has 0 spiro atoms. The lowest BCUT2D eigenvalue weighted by atomic mass is 9.95. The van der Waals surface area contributed by atoms with Crippen LogP contribution in [0.3, 0.4) is 0 Å². The number of nitrogens with zero attached hydrogens (tertiary/aromatic N) is 1. The Morgan fingerprint density at radius 3 is 2.67 bits per heavy atom. The topological polar surface area (TPSA) is 50.8 Å². The predicted octanol–water partition coefficient (Wildman–Crippen LogP) is 3.62. The number of fused-ring (bicyclic) bond motifs is 1. The number of benzene rings is 1. The standard InChI is InChI=1S/C19H25F3N2O3/c1-3-26-17-9-14-8-12(2)27-16(14)10-15(17)23-18(25)13-4-6-24(7-5-13)11-19(20,21)22/h9-10,12-13H,3-8,11H2,1-2H3,(H,23,25). The van der Waals surface area contributed by atoms with E-state index < -0.39 is 12.7 Å². The van der Waals surface area contributed by atoms with E-state index in [-0.39, 0.29) is 31.0 Å². The van der Waals surface area contributed by atoms with E-state index in [9.17, 15) is 18.0 Å². The van der Waals surface area contributed by atoms with Gasteiger partial charge in [-0.05, 0) is 45.8 Å². The molecule has 1 amide bonds. The van der Waals surface area contributed by atoms with Crippen LogP contribution in [0.1, 0.15) is 32.3 Å². The molecule has 5 nitrogen and oxygen atoms in total. The summed E-state index contributed by atoms with van der Waals surface area (Å²) in [5.41, 5.74) is 1.59. The lowest BCUT2D eigenvalue weighted by molar-refractivity contribution is -0.149. The van der Waals surface area contributed by atoms with Crippen LogP contribution in [0, 0.1) is 5.92 Å². The fraction of sp³-hybridized carbons (Fsp3) is 0.632. The number of carbonyl (C=O) groups is 1. The number of hydrogen-bond donors (Lipinski definition) is 1. The van der Waals surface area contributed by atoms with Gasteiger partial charge in [-0.25, -0.2) is 0 Å². The summed E-state index contributed by atoms with van der Waals surface area (Å²) in [5.74, 6) is 0.837. The lowest BCUT2D eigenvalue weighted by Crippen LogP contribution is -2.42. The number of halogens is 3. The lowest BCUT2D eigenvalue weighted by Gasteiger charge is -2.31. The summed E-state index contributed by atoms with van der Waals surface area (Å²) in [6.45, 7) is 3.92. The number of piperidine rings is 1. The smallest absolute Gasteiger partial charge is 0.401 e. The van der Waals surface area contributed by atoms with E-state index in [1.807, 2.05) is 19.9 Å². The minimum absolute atomic E-state index is 0.0818. The van der Waals surface area contributed by atoms with Gasteiger partial charge in [-0.2, -0.15) is 13.2 Å². The first-order chi connectivity index (χ1) is 12.7. The molecule has 150 valence electrons. The zero-order valence-electron chi connectivity index (χ0n) is 15.6. The van der Waals surface area contributed by atoms with Crippen molar-refractivity contribution in [1.82, 2.24) is 4.90 Å². The van der Waals surface area contributed by atoms with Crippen molar-refractivity contribution in [2.45, 2.75) is 45.4 Å². The van der Waals surface area contributed by atoms with Crippen LogP contribution in [0.2, 0.25) is 0 Å². The highest BCUT2D eigenvalue weighted by Gasteiger charge is 2.34. The fourth-order valence-corrected chi connectivity index (χ4v) is 3.65. The van der Waals surface area contributed by atoms with E-state index >= 15 is 0 Å². The molecule has 0 saturated carbocycles. The minimum Gasteiger partial charge on any atom is -0.492 e. The molecule has 1 N–H and O–H groups in total. The van der Waals surface area contributed by atoms with Crippen molar-refractivity contribution in [1.29, 1.82) is 0 Å². The molecule has 0 aromatic heterocycles. The number of rotatable bonds is 5. The van der Waals surface area contributed by atoms with Crippen LogP contribution in [0.15, 0.2) is 12.1 Å². The molecule has 1 atom stereocenters. The summed E-state index contributed by atoms with van der Waals surface area (Å²) in [7, 11) is 0. The van der Waals surface area contributed by atoms with Crippen molar-refractivity contribution in [3.63, 3.8) is 0 Å². The summed E-state index contributed by atoms with van der Waals surface area (Å²) in [6.07, 6.45) is -2.52. The first-order valence-electron chi connectivity index (χ1n) is 9.31. The molecule has 1 saturated heterocycles. The van der Waals surface area contributed by atoms with Gasteiger partial charge < -0.3 is 14.8 Å². The SMILES string of the molecule is CCOc1cc2c(cc1NC(=O)C1CCN(CC(F)(F)F)CC1)OC(C)C2. The number of ether oxygens (including phenoxy) is 2. The maximum atomic E-state index is 12.6. The van der Waals surface area contributed by atoms with E-state index in [2.05, 4.69) is 5.32 Å². The van der Waals surface area contributed by atoms with Crippen LogP contribution < -0.4 is 14.8 Å². The van der Waals surface area contributed by atoms with E-state index in [0.717, 1.165) is 17.7 Å². The molecular weight excluding hydrogens is 361 g/mol. The van der Waals surface area contributed by atoms with Gasteiger partial charge in [-0.3, -0.25) is 9.69 Å². The highest BCUT2D eigenvalue weighted by atomic mass is 19.4. The number of likely N-dealkylation sites (tertiary alicyclic amines) is 1. The molecular formula is C19H25F3N2O3. The number of nitrogens with one attached hydrogen (secondary N) is 1. The molecule has 0 aliphatic carbocycles. The Balaban J connectivity index is 1.64. The maximum Gasteiger partial charge on any atom is 0.401 e. The second-order valence-corrected chi connectivity index (χ2v) is 7.18. The summed E-state index contributed by atoms with van der Waals surface area (Å²) >= 11 is 0. The van der Waals surface area contributed by atoms with E-state index in [1.54, 1.807) is 6.07 Å². The van der Waals surface area contributed by atoms with Gasteiger partial charge in [0, 0.05) is 24.0 Å². The molecule has 1 fully saturated rings. The van der Waals surface area contributed by atoms with Gasteiger partial charge in [0.25, 0.3) is 0 Å². The van der Waals surface area contributed by atoms with Crippen LogP contribution in [0.25, 0.3) is 0 Å². The summed E-state index contributed by atoms with van der Waals surface area (Å²) in [6, 6.07) is 3.67. The first-order valence-corrected chi connectivity index (χ1v) is 9.31. The number of hydrogen-bond acceptors (Lipinski definition) is 4. The van der Waals surface area contributed by atoms with Crippen LogP contribution in [0.4, 0.5) is 18.9 Å². The molecule has 1 aromatic carbocycles. The Kier molecular flexibility index (Phi) is 5.83. The highest BCUT2D eigenvalue weighted by molar-refractivity contribution is 5.94. The minimum atomic E-state index is -4.21. The summed E-state index contributed by atoms with van der Waals surface area (Å²) in [5, 5.41) is 2.89. The third-order valence-electron chi connectivity index (χ3n) is 4.92. The molecule has 2 heterocycles. The molecule has 0 radical (unpaired) electrons. The van der Waals surface area contributed by atoms with E-state index in [1.165, 1.54) is 4.90 Å². The maximum absolute atomic E-state index is 12.6. The third-order valence-corrected chi connectivity index (χ3v) is 4.92. The Morgan fingerprint density at radius 1 is 1.33 bits per heavy atom. The Hall–Kier alpha value is -1.96. The van der Waals surface area contributed by atoms with Crippen molar-refractivity contribution in [2.75, 3.05) is 31.6 Å². The number of anilines is 1. The van der Waals surface area contributed by atoms with Crippen LogP contribution in [-0.4, -0.2) is 49.3 Å². The molecule has 0 bridgehead atoms. The normalized spacial score (nSPS) is 20.9. The van der Waals surface area contributed by atoms with Crippen molar-refractivity contribution in [2.24, 2.45) is 5.92 Å². The summed E-state index contributed by atoms with van der Waals surface area (Å²) in [4.78, 5) is 14.0. The van der Waals surface area contributed by atoms with Crippen LogP contribution in [-0.2, 0) is 11.2 Å². The summed E-state index contributed by atoms with van der Waals surface area (Å²) < 4.78 is 48.9. The quantitative estimate of drug-likeness (QED) is 0.840. The Bertz CT molecular complexity index is 686. The largest absolute Gasteiger partial charge is 0.492 e. The van der Waals surface area contributed by atoms with Crippen molar-refractivity contribution in [3.05, 3.63) is 17.7 Å². The molecule has 1 unspecified atom stereocenters. The second kappa shape index (κ2) is 7.96. The molecule has 27 heavy (non-hydrogen) atoms. The second-order valence-electron chi connectivity index (χ2n) is 7.18. The molecule has 1 aromatic rings. The monoisotopic (exact) mass is 386 g/mol. The highest BCUT2D eigenvalue weighted by Crippen LogP contribution is 2.38. The van der Waals surface area contributed by atoms with Gasteiger partial charge in [-0.15, -0.1) is 0 Å². The van der Waals surface area contributed by atoms with Crippen LogP contribution >= 0.6 is 0 Å². The van der Waals surface area contributed by atoms with E-state index in [4.69, 9.17) is 9.47 Å². The van der Waals surface area contributed by atoms with Crippen molar-refractivity contribution >= 4 is 11.6 Å². The van der Waals surface area contributed by atoms with Gasteiger partial charge in [0.1, 0.15) is 17.6 Å². The van der Waals surface area contributed by atoms with Gasteiger partial charge in [-0.1, -0.05) is 0 Å². The molecule has 2 aliphatic heterocycles. The Morgan fingerprint density at radius 2 is 2.04 bits per heavy atom. The Labute approximate surface area is 156 Å². The number of alkyl halides is 3. The average Bonchev–Trinajstić information content (AvgIpc) is 2.93. The van der Waals surface area contributed by atoms with E-state index in [0.29, 0.717) is 30.9 Å². The van der Waals surface area contributed by atoms with Gasteiger partial charge in [0.2, 0.25) is 5.91 Å². The van der Waals surface area contributed by atoms with Gasteiger partial charge in [0.15, 0.2) is 0 Å². The molecule has 3 rings (SSSR count). The van der Waals surface area contributed by atoms with Crippen molar-refractivity contribution in [3.8, 4) is 11.5 Å². The third kappa shape index (κ3) is 5.06.